The van der Waals surface area contributed by atoms with E-state index in [0.717, 1.165) is 16.9 Å². The Hall–Kier alpha value is -4.12. The summed E-state index contributed by atoms with van der Waals surface area (Å²) in [6, 6.07) is 11.1. The summed E-state index contributed by atoms with van der Waals surface area (Å²) in [5, 5.41) is 15.0. The molecule has 11 nitrogen and oxygen atoms in total. The number of hydrogen-bond acceptors (Lipinski definition) is 7. The Bertz CT molecular complexity index is 1130. The molecule has 2 aromatic rings. The molecule has 2 rings (SSSR count). The third kappa shape index (κ3) is 9.60. The molecule has 2 atom stereocenters. The molecule has 0 fully saturated rings. The summed E-state index contributed by atoms with van der Waals surface area (Å²) < 4.78 is 10.4. The van der Waals surface area contributed by atoms with Crippen molar-refractivity contribution in [1.82, 2.24) is 10.2 Å². The number of anilines is 1. The van der Waals surface area contributed by atoms with Crippen LogP contribution < -0.4 is 21.1 Å². The Morgan fingerprint density at radius 3 is 2.13 bits per heavy atom. The predicted molar refractivity (Wildman–Crippen MR) is 146 cm³/mol. The predicted octanol–water partition coefficient (Wildman–Crippen LogP) is 2.53. The summed E-state index contributed by atoms with van der Waals surface area (Å²) in [4.78, 5) is 52.9. The zero-order valence-corrected chi connectivity index (χ0v) is 23.0. The quantitative estimate of drug-likeness (QED) is 0.320. The van der Waals surface area contributed by atoms with Crippen LogP contribution in [0.5, 0.6) is 5.75 Å². The van der Waals surface area contributed by atoms with E-state index in [2.05, 4.69) is 10.6 Å². The van der Waals surface area contributed by atoms with Gasteiger partial charge in [-0.05, 0) is 62.6 Å². The zero-order valence-electron chi connectivity index (χ0n) is 23.0. The van der Waals surface area contributed by atoms with Gasteiger partial charge < -0.3 is 35.8 Å². The van der Waals surface area contributed by atoms with Crippen molar-refractivity contribution in [3.05, 3.63) is 59.7 Å². The third-order valence-corrected chi connectivity index (χ3v) is 5.64. The number of carbonyl (C=O) groups excluding carboxylic acids is 4. The average Bonchev–Trinajstić information content (AvgIpc) is 2.87. The first kappa shape index (κ1) is 31.1. The van der Waals surface area contributed by atoms with E-state index >= 15 is 0 Å². The maximum atomic E-state index is 13.8. The number of ether oxygens (including phenoxy) is 2. The van der Waals surface area contributed by atoms with Crippen LogP contribution in [0.3, 0.4) is 0 Å². The fourth-order valence-electron chi connectivity index (χ4n) is 3.82. The SMILES string of the molecule is CCc1ccc(C(C(=O)Nc2ccc(OC)cc2)N(CCO)C(=O)C(CC(N)=O)NC(=O)OC(C)(C)C)cc1. The van der Waals surface area contributed by atoms with Crippen LogP contribution in [0.25, 0.3) is 0 Å². The number of nitrogens with one attached hydrogen (secondary N) is 2. The van der Waals surface area contributed by atoms with Crippen LogP contribution in [0.2, 0.25) is 0 Å². The molecule has 4 amide bonds. The summed E-state index contributed by atoms with van der Waals surface area (Å²) in [5.41, 5.74) is 6.45. The van der Waals surface area contributed by atoms with Gasteiger partial charge in [0.15, 0.2) is 0 Å². The van der Waals surface area contributed by atoms with Gasteiger partial charge >= 0.3 is 6.09 Å². The molecule has 0 bridgehead atoms. The van der Waals surface area contributed by atoms with Gasteiger partial charge in [0.1, 0.15) is 23.4 Å². The second-order valence-electron chi connectivity index (χ2n) is 9.84. The van der Waals surface area contributed by atoms with E-state index in [4.69, 9.17) is 15.2 Å². The van der Waals surface area contributed by atoms with E-state index in [-0.39, 0.29) is 6.54 Å². The van der Waals surface area contributed by atoms with E-state index in [1.165, 1.54) is 7.11 Å². The van der Waals surface area contributed by atoms with Crippen molar-refractivity contribution < 1.29 is 33.8 Å². The molecule has 2 unspecified atom stereocenters. The lowest BCUT2D eigenvalue weighted by Crippen LogP contribution is -2.54. The Morgan fingerprint density at radius 1 is 1.03 bits per heavy atom. The molecule has 0 heterocycles. The van der Waals surface area contributed by atoms with Crippen molar-refractivity contribution in [2.24, 2.45) is 5.73 Å². The lowest BCUT2D eigenvalue weighted by molar-refractivity contribution is -0.142. The molecular formula is C28H38N4O7. The molecule has 0 saturated carbocycles. The number of alkyl carbamates (subject to hydrolysis) is 1. The van der Waals surface area contributed by atoms with Gasteiger partial charge in [-0.25, -0.2) is 4.79 Å². The van der Waals surface area contributed by atoms with Crippen LogP contribution in [0.15, 0.2) is 48.5 Å². The summed E-state index contributed by atoms with van der Waals surface area (Å²) in [6.07, 6.45) is -0.706. The number of methoxy groups -OCH3 is 1. The number of carbonyl (C=O) groups is 4. The van der Waals surface area contributed by atoms with Crippen molar-refractivity contribution in [1.29, 1.82) is 0 Å². The summed E-state index contributed by atoms with van der Waals surface area (Å²) in [5.74, 6) is -1.61. The Labute approximate surface area is 228 Å². The van der Waals surface area contributed by atoms with Crippen LogP contribution in [-0.4, -0.2) is 65.7 Å². The number of nitrogens with two attached hydrogens (primary N) is 1. The molecular weight excluding hydrogens is 504 g/mol. The number of benzene rings is 2. The highest BCUT2D eigenvalue weighted by molar-refractivity contribution is 5.99. The zero-order chi connectivity index (χ0) is 29.2. The average molecular weight is 543 g/mol. The molecule has 0 spiro atoms. The summed E-state index contributed by atoms with van der Waals surface area (Å²) >= 11 is 0. The molecule has 2 aromatic carbocycles. The number of primary amides is 1. The number of hydrogen-bond donors (Lipinski definition) is 4. The van der Waals surface area contributed by atoms with Crippen LogP contribution in [0.1, 0.15) is 51.3 Å². The van der Waals surface area contributed by atoms with E-state index in [0.29, 0.717) is 17.0 Å². The van der Waals surface area contributed by atoms with E-state index in [9.17, 15) is 24.3 Å². The minimum atomic E-state index is -1.44. The first-order valence-electron chi connectivity index (χ1n) is 12.6. The van der Waals surface area contributed by atoms with Gasteiger partial charge in [-0.3, -0.25) is 14.4 Å². The number of aliphatic hydroxyl groups is 1. The summed E-state index contributed by atoms with van der Waals surface area (Å²) in [6.45, 7) is 6.18. The molecule has 5 N–H and O–H groups in total. The molecule has 0 radical (unpaired) electrons. The fraction of sp³-hybridized carbons (Fsp3) is 0.429. The van der Waals surface area contributed by atoms with Crippen molar-refractivity contribution >= 4 is 29.5 Å². The molecule has 212 valence electrons. The molecule has 0 saturated heterocycles. The number of nitrogens with zero attached hydrogens (tertiary/aromatic N) is 1. The second kappa shape index (κ2) is 14.1. The van der Waals surface area contributed by atoms with Crippen LogP contribution in [0.4, 0.5) is 10.5 Å². The highest BCUT2D eigenvalue weighted by Crippen LogP contribution is 2.26. The van der Waals surface area contributed by atoms with Gasteiger partial charge in [-0.15, -0.1) is 0 Å². The first-order valence-corrected chi connectivity index (χ1v) is 12.6. The highest BCUT2D eigenvalue weighted by atomic mass is 16.6. The fourth-order valence-corrected chi connectivity index (χ4v) is 3.82. The van der Waals surface area contributed by atoms with Crippen LogP contribution >= 0.6 is 0 Å². The van der Waals surface area contributed by atoms with Crippen LogP contribution in [-0.2, 0) is 25.5 Å². The molecule has 0 aliphatic heterocycles. The molecule has 11 heteroatoms. The highest BCUT2D eigenvalue weighted by Gasteiger charge is 2.37. The standard InChI is InChI=1S/C28H38N4O7/c1-6-18-7-9-19(10-8-18)24(25(35)30-20-11-13-21(38-5)14-12-20)32(15-16-33)26(36)22(17-23(29)34)31-27(37)39-28(2,3)4/h7-14,22,24,33H,6,15-17H2,1-5H3,(H2,29,34)(H,30,35)(H,31,37). The normalized spacial score (nSPS) is 12.6. The smallest absolute Gasteiger partial charge is 0.408 e. The molecule has 0 aliphatic rings. The summed E-state index contributed by atoms with van der Waals surface area (Å²) in [7, 11) is 1.52. The molecule has 0 aliphatic carbocycles. The largest absolute Gasteiger partial charge is 0.497 e. The third-order valence-electron chi connectivity index (χ3n) is 5.64. The first-order chi connectivity index (χ1) is 18.4. The molecule has 0 aromatic heterocycles. The Balaban J connectivity index is 2.49. The topological polar surface area (TPSA) is 160 Å². The number of aliphatic hydroxyl groups excluding tert-OH is 1. The second-order valence-corrected chi connectivity index (χ2v) is 9.84. The van der Waals surface area contributed by atoms with Crippen molar-refractivity contribution in [2.75, 3.05) is 25.6 Å². The number of rotatable bonds is 12. The monoisotopic (exact) mass is 542 g/mol. The lowest BCUT2D eigenvalue weighted by atomic mass is 10.00. The van der Waals surface area contributed by atoms with Gasteiger partial charge in [0.05, 0.1) is 20.1 Å². The minimum absolute atomic E-state index is 0.264. The maximum Gasteiger partial charge on any atom is 0.408 e. The lowest BCUT2D eigenvalue weighted by Gasteiger charge is -2.34. The molecule has 39 heavy (non-hydrogen) atoms. The van der Waals surface area contributed by atoms with Gasteiger partial charge in [0.25, 0.3) is 5.91 Å². The van der Waals surface area contributed by atoms with Crippen molar-refractivity contribution in [3.8, 4) is 5.75 Å². The maximum absolute atomic E-state index is 13.8. The van der Waals surface area contributed by atoms with Gasteiger partial charge in [0, 0.05) is 12.2 Å². The van der Waals surface area contributed by atoms with Crippen molar-refractivity contribution in [2.45, 2.75) is 58.2 Å². The van der Waals surface area contributed by atoms with Gasteiger partial charge in [-0.2, -0.15) is 0 Å². The van der Waals surface area contributed by atoms with E-state index < -0.39 is 54.5 Å². The van der Waals surface area contributed by atoms with Gasteiger partial charge in [0.2, 0.25) is 11.8 Å². The number of aryl methyl sites for hydroxylation is 1. The van der Waals surface area contributed by atoms with E-state index in [1.807, 2.05) is 19.1 Å². The van der Waals surface area contributed by atoms with E-state index in [1.54, 1.807) is 57.2 Å². The van der Waals surface area contributed by atoms with Gasteiger partial charge in [-0.1, -0.05) is 31.2 Å². The number of amides is 4. The Morgan fingerprint density at radius 2 is 1.64 bits per heavy atom. The minimum Gasteiger partial charge on any atom is -0.497 e. The van der Waals surface area contributed by atoms with Crippen molar-refractivity contribution in [3.63, 3.8) is 0 Å². The van der Waals surface area contributed by atoms with Crippen LogP contribution in [0, 0.1) is 0 Å². The Kier molecular flexibility index (Phi) is 11.3.